The number of aryl methyl sites for hydroxylation is 1. The number of anilines is 5. The Hall–Kier alpha value is -3.41. The van der Waals surface area contributed by atoms with Gasteiger partial charge in [-0.1, -0.05) is 12.1 Å². The molecule has 2 aromatic carbocycles. The molecule has 0 amide bonds. The smallest absolute Gasteiger partial charge is 0.230 e. The number of hydrogen-bond donors (Lipinski definition) is 2. The van der Waals surface area contributed by atoms with E-state index in [-0.39, 0.29) is 4.90 Å². The normalized spacial score (nSPS) is 14.7. The molecule has 41 heavy (non-hydrogen) atoms. The Balaban J connectivity index is 1.45. The summed E-state index contributed by atoms with van der Waals surface area (Å²) in [5, 5.41) is 9.01. The Kier molecular flexibility index (Phi) is 8.40. The van der Waals surface area contributed by atoms with Gasteiger partial charge in [0.1, 0.15) is 16.4 Å². The number of thiophene rings is 1. The quantitative estimate of drug-likeness (QED) is 0.234. The summed E-state index contributed by atoms with van der Waals surface area (Å²) in [5.74, 6) is 1.75. The predicted molar refractivity (Wildman–Crippen MR) is 169 cm³/mol. The molecule has 0 radical (unpaired) electrons. The number of benzene rings is 2. The highest BCUT2D eigenvalue weighted by molar-refractivity contribution is 7.92. The number of nitrogens with one attached hydrogen (secondary N) is 2. The van der Waals surface area contributed by atoms with Gasteiger partial charge in [0.15, 0.2) is 9.84 Å². The first-order valence-electron chi connectivity index (χ1n) is 13.8. The molecule has 1 aliphatic rings. The zero-order valence-corrected chi connectivity index (χ0v) is 26.1. The standard InChI is InChI=1S/C30H38N6O3S2/c1-19(2)41(37,38)26-10-8-7-9-23(26)32-28-27-20(3)18-40-29(27)34-30(33-28)31-21-11-12-24(25(17-21)39-6)36-15-13-22(14-16-36)35(4)5/h7-12,17-19,22H,13-16H2,1-6H3,(H2,31,32,33,34). The van der Waals surface area contributed by atoms with E-state index in [1.807, 2.05) is 30.5 Å². The van der Waals surface area contributed by atoms with E-state index < -0.39 is 15.1 Å². The largest absolute Gasteiger partial charge is 0.495 e. The molecule has 1 saturated heterocycles. The lowest BCUT2D eigenvalue weighted by molar-refractivity contribution is 0.249. The molecule has 218 valence electrons. The second kappa shape index (κ2) is 11.8. The van der Waals surface area contributed by atoms with Crippen LogP contribution < -0.4 is 20.3 Å². The molecule has 0 unspecified atom stereocenters. The number of sulfone groups is 1. The van der Waals surface area contributed by atoms with Crippen molar-refractivity contribution < 1.29 is 13.2 Å². The molecule has 1 aliphatic heterocycles. The van der Waals surface area contributed by atoms with Crippen LogP contribution >= 0.6 is 11.3 Å². The Labute approximate surface area is 246 Å². The van der Waals surface area contributed by atoms with Gasteiger partial charge < -0.3 is 25.2 Å². The summed E-state index contributed by atoms with van der Waals surface area (Å²) >= 11 is 1.52. The summed E-state index contributed by atoms with van der Waals surface area (Å²) in [6.07, 6.45) is 2.23. The first-order valence-corrected chi connectivity index (χ1v) is 16.2. The molecule has 5 rings (SSSR count). The van der Waals surface area contributed by atoms with Crippen molar-refractivity contribution in [1.82, 2.24) is 14.9 Å². The second-order valence-corrected chi connectivity index (χ2v) is 14.2. The number of fused-ring (bicyclic) bond motifs is 1. The lowest BCUT2D eigenvalue weighted by Crippen LogP contribution is -2.42. The second-order valence-electron chi connectivity index (χ2n) is 10.9. The van der Waals surface area contributed by atoms with Gasteiger partial charge in [0.2, 0.25) is 5.95 Å². The zero-order valence-electron chi connectivity index (χ0n) is 24.4. The van der Waals surface area contributed by atoms with Crippen LogP contribution in [0.3, 0.4) is 0 Å². The summed E-state index contributed by atoms with van der Waals surface area (Å²) in [4.78, 5) is 15.3. The fourth-order valence-corrected chi connectivity index (χ4v) is 7.32. The van der Waals surface area contributed by atoms with Crippen molar-refractivity contribution in [2.24, 2.45) is 0 Å². The van der Waals surface area contributed by atoms with E-state index in [0.717, 1.165) is 58.8 Å². The minimum Gasteiger partial charge on any atom is -0.495 e. The summed E-state index contributed by atoms with van der Waals surface area (Å²) < 4.78 is 32.0. The van der Waals surface area contributed by atoms with Gasteiger partial charge in [0, 0.05) is 30.9 Å². The van der Waals surface area contributed by atoms with Crippen LogP contribution in [0.25, 0.3) is 10.2 Å². The van der Waals surface area contributed by atoms with Gasteiger partial charge in [-0.05, 0) is 82.9 Å². The maximum absolute atomic E-state index is 13.1. The highest BCUT2D eigenvalue weighted by Gasteiger charge is 2.25. The van der Waals surface area contributed by atoms with Crippen LogP contribution in [0, 0.1) is 6.92 Å². The van der Waals surface area contributed by atoms with Crippen molar-refractivity contribution in [2.45, 2.75) is 49.8 Å². The van der Waals surface area contributed by atoms with E-state index in [4.69, 9.17) is 14.7 Å². The van der Waals surface area contributed by atoms with Gasteiger partial charge in [-0.3, -0.25) is 0 Å². The molecule has 11 heteroatoms. The van der Waals surface area contributed by atoms with Crippen molar-refractivity contribution in [3.63, 3.8) is 0 Å². The number of aromatic nitrogens is 2. The molecule has 0 saturated carbocycles. The molecule has 2 N–H and O–H groups in total. The van der Waals surface area contributed by atoms with Gasteiger partial charge in [-0.25, -0.2) is 13.4 Å². The predicted octanol–water partition coefficient (Wildman–Crippen LogP) is 6.21. The molecule has 3 heterocycles. The van der Waals surface area contributed by atoms with Crippen LogP contribution in [0.5, 0.6) is 5.75 Å². The van der Waals surface area contributed by atoms with Crippen LogP contribution in [-0.2, 0) is 9.84 Å². The molecule has 2 aromatic heterocycles. The Bertz CT molecular complexity index is 1640. The highest BCUT2D eigenvalue weighted by Crippen LogP contribution is 2.37. The molecule has 0 atom stereocenters. The third-order valence-electron chi connectivity index (χ3n) is 7.66. The van der Waals surface area contributed by atoms with Crippen molar-refractivity contribution in [3.8, 4) is 5.75 Å². The SMILES string of the molecule is COc1cc(Nc2nc(Nc3ccccc3S(=O)(=O)C(C)C)c3c(C)csc3n2)ccc1N1CCC(N(C)C)CC1. The Morgan fingerprint density at radius 2 is 1.80 bits per heavy atom. The minimum atomic E-state index is -3.50. The molecular weight excluding hydrogens is 557 g/mol. The first kappa shape index (κ1) is 29.1. The maximum atomic E-state index is 13.1. The topological polar surface area (TPSA) is 99.7 Å². The van der Waals surface area contributed by atoms with E-state index in [9.17, 15) is 8.42 Å². The number of rotatable bonds is 9. The summed E-state index contributed by atoms with van der Waals surface area (Å²) in [7, 11) is 2.48. The van der Waals surface area contributed by atoms with Gasteiger partial charge in [-0.2, -0.15) is 4.98 Å². The molecule has 0 aliphatic carbocycles. The van der Waals surface area contributed by atoms with Crippen LogP contribution in [-0.4, -0.2) is 68.9 Å². The van der Waals surface area contributed by atoms with Crippen molar-refractivity contribution >= 4 is 60.2 Å². The van der Waals surface area contributed by atoms with Crippen molar-refractivity contribution in [3.05, 3.63) is 53.4 Å². The molecule has 1 fully saturated rings. The molecule has 0 spiro atoms. The van der Waals surface area contributed by atoms with Crippen LogP contribution in [0.2, 0.25) is 0 Å². The highest BCUT2D eigenvalue weighted by atomic mass is 32.2. The molecular formula is C30H38N6O3S2. The van der Waals surface area contributed by atoms with E-state index >= 15 is 0 Å². The van der Waals surface area contributed by atoms with Gasteiger partial charge in [-0.15, -0.1) is 11.3 Å². The molecule has 0 bridgehead atoms. The zero-order chi connectivity index (χ0) is 29.3. The van der Waals surface area contributed by atoms with E-state index in [2.05, 4.69) is 40.6 Å². The van der Waals surface area contributed by atoms with E-state index in [1.165, 1.54) is 11.3 Å². The Morgan fingerprint density at radius 3 is 2.49 bits per heavy atom. The monoisotopic (exact) mass is 594 g/mol. The third kappa shape index (κ3) is 5.98. The van der Waals surface area contributed by atoms with Gasteiger partial charge in [0.25, 0.3) is 0 Å². The summed E-state index contributed by atoms with van der Waals surface area (Å²) in [5.41, 5.74) is 3.38. The molecule has 4 aromatic rings. The number of piperidine rings is 1. The van der Waals surface area contributed by atoms with Gasteiger partial charge in [0.05, 0.1) is 34.0 Å². The molecule has 9 nitrogen and oxygen atoms in total. The lowest BCUT2D eigenvalue weighted by atomic mass is 10.0. The van der Waals surface area contributed by atoms with E-state index in [1.54, 1.807) is 39.2 Å². The minimum absolute atomic E-state index is 0.249. The number of methoxy groups -OCH3 is 1. The van der Waals surface area contributed by atoms with Crippen molar-refractivity contribution in [1.29, 1.82) is 0 Å². The summed E-state index contributed by atoms with van der Waals surface area (Å²) in [6, 6.07) is 13.6. The van der Waals surface area contributed by atoms with Gasteiger partial charge >= 0.3 is 0 Å². The van der Waals surface area contributed by atoms with E-state index in [0.29, 0.717) is 23.5 Å². The van der Waals surface area contributed by atoms with Crippen LogP contribution in [0.4, 0.5) is 28.8 Å². The number of hydrogen-bond acceptors (Lipinski definition) is 10. The number of nitrogens with zero attached hydrogens (tertiary/aromatic N) is 4. The van der Waals surface area contributed by atoms with Crippen LogP contribution in [0.15, 0.2) is 52.7 Å². The number of para-hydroxylation sites is 1. The fraction of sp³-hybridized carbons (Fsp3) is 0.400. The third-order valence-corrected chi connectivity index (χ3v) is 10.9. The summed E-state index contributed by atoms with van der Waals surface area (Å²) in [6.45, 7) is 7.33. The average molecular weight is 595 g/mol. The number of ether oxygens (including phenoxy) is 1. The Morgan fingerprint density at radius 1 is 1.07 bits per heavy atom. The maximum Gasteiger partial charge on any atom is 0.230 e. The van der Waals surface area contributed by atoms with Crippen molar-refractivity contribution in [2.75, 3.05) is 49.8 Å². The fourth-order valence-electron chi connectivity index (χ4n) is 5.20. The lowest BCUT2D eigenvalue weighted by Gasteiger charge is -2.37. The first-order chi connectivity index (χ1) is 19.6. The average Bonchev–Trinajstić information content (AvgIpc) is 3.33. The van der Waals surface area contributed by atoms with Crippen LogP contribution in [0.1, 0.15) is 32.3 Å².